The molecule has 216 valence electrons. The predicted octanol–water partition coefficient (Wildman–Crippen LogP) is 10.6. The van der Waals surface area contributed by atoms with Gasteiger partial charge in [0.25, 0.3) is 0 Å². The molecular weight excluding hydrogens is 562 g/mol. The van der Waals surface area contributed by atoms with Crippen molar-refractivity contribution in [3.63, 3.8) is 0 Å². The molecule has 7 aromatic carbocycles. The summed E-state index contributed by atoms with van der Waals surface area (Å²) in [5.41, 5.74) is 9.35. The molecule has 0 atom stereocenters. The zero-order chi connectivity index (χ0) is 30.6. The first-order valence-electron chi connectivity index (χ1n) is 15.4. The fraction of sp³-hybridized carbons (Fsp3) is 0. The first-order valence-corrected chi connectivity index (χ1v) is 15.4. The number of nitrogens with zero attached hydrogens (tertiary/aromatic N) is 3. The molecule has 1 N–H and O–H groups in total. The highest BCUT2D eigenvalue weighted by Gasteiger charge is 2.16. The molecule has 2 aromatic heterocycles. The van der Waals surface area contributed by atoms with E-state index in [1.54, 1.807) is 12.3 Å². The van der Waals surface area contributed by atoms with E-state index in [1.807, 2.05) is 30.3 Å². The lowest BCUT2D eigenvalue weighted by Crippen LogP contribution is -1.97. The summed E-state index contributed by atoms with van der Waals surface area (Å²) >= 11 is 0. The average molecular weight is 590 g/mol. The minimum absolute atomic E-state index is 0.193. The van der Waals surface area contributed by atoms with Crippen LogP contribution in [0.25, 0.3) is 82.8 Å². The van der Waals surface area contributed by atoms with E-state index in [-0.39, 0.29) is 5.75 Å². The SMILES string of the molecule is Oc1ccc(-c2cccc3cc4c(-c5ccc(-c6nc7ccccc7n6-c6ccccc6)cc5)cccc4cc23)c2cccnc12. The van der Waals surface area contributed by atoms with E-state index >= 15 is 0 Å². The summed E-state index contributed by atoms with van der Waals surface area (Å²) in [5, 5.41) is 16.1. The Hall–Kier alpha value is -6.26. The number of benzene rings is 7. The Morgan fingerprint density at radius 3 is 1.98 bits per heavy atom. The van der Waals surface area contributed by atoms with E-state index < -0.39 is 0 Å². The van der Waals surface area contributed by atoms with Gasteiger partial charge in [0.2, 0.25) is 0 Å². The molecule has 4 nitrogen and oxygen atoms in total. The van der Waals surface area contributed by atoms with Crippen molar-refractivity contribution in [2.24, 2.45) is 0 Å². The Morgan fingerprint density at radius 2 is 1.17 bits per heavy atom. The maximum atomic E-state index is 10.4. The molecule has 0 amide bonds. The molecule has 9 aromatic rings. The first kappa shape index (κ1) is 26.2. The Bertz CT molecular complexity index is 2590. The monoisotopic (exact) mass is 589 g/mol. The summed E-state index contributed by atoms with van der Waals surface area (Å²) in [6, 6.07) is 52.7. The number of rotatable bonds is 4. The highest BCUT2D eigenvalue weighted by Crippen LogP contribution is 2.39. The molecule has 0 aliphatic carbocycles. The van der Waals surface area contributed by atoms with Gasteiger partial charge in [-0.25, -0.2) is 4.98 Å². The number of imidazole rings is 1. The van der Waals surface area contributed by atoms with Gasteiger partial charge in [0.15, 0.2) is 0 Å². The Morgan fingerprint density at radius 1 is 0.500 bits per heavy atom. The minimum atomic E-state index is 0.193. The number of para-hydroxylation sites is 3. The lowest BCUT2D eigenvalue weighted by atomic mass is 9.91. The van der Waals surface area contributed by atoms with Crippen molar-refractivity contribution in [1.29, 1.82) is 0 Å². The van der Waals surface area contributed by atoms with Crippen molar-refractivity contribution in [2.75, 3.05) is 0 Å². The smallest absolute Gasteiger partial charge is 0.145 e. The zero-order valence-electron chi connectivity index (χ0n) is 24.8. The first-order chi connectivity index (χ1) is 22.7. The second kappa shape index (κ2) is 10.4. The molecule has 46 heavy (non-hydrogen) atoms. The topological polar surface area (TPSA) is 50.9 Å². The van der Waals surface area contributed by atoms with Crippen molar-refractivity contribution in [2.45, 2.75) is 0 Å². The van der Waals surface area contributed by atoms with E-state index in [2.05, 4.69) is 125 Å². The Labute approximate surface area is 265 Å². The van der Waals surface area contributed by atoms with Crippen LogP contribution in [-0.4, -0.2) is 19.6 Å². The van der Waals surface area contributed by atoms with Crippen LogP contribution in [0.4, 0.5) is 0 Å². The number of hydrogen-bond donors (Lipinski definition) is 1. The van der Waals surface area contributed by atoms with Crippen LogP contribution in [0.3, 0.4) is 0 Å². The molecule has 0 saturated heterocycles. The number of phenols is 1. The van der Waals surface area contributed by atoms with Crippen molar-refractivity contribution >= 4 is 43.5 Å². The van der Waals surface area contributed by atoms with Crippen molar-refractivity contribution in [3.8, 4) is 45.1 Å². The van der Waals surface area contributed by atoms with Gasteiger partial charge in [-0.1, -0.05) is 97.1 Å². The zero-order valence-corrected chi connectivity index (χ0v) is 24.8. The third kappa shape index (κ3) is 4.15. The molecule has 2 heterocycles. The van der Waals surface area contributed by atoms with E-state index in [0.29, 0.717) is 5.52 Å². The van der Waals surface area contributed by atoms with Crippen LogP contribution < -0.4 is 0 Å². The van der Waals surface area contributed by atoms with Gasteiger partial charge in [-0.05, 0) is 98.4 Å². The van der Waals surface area contributed by atoms with Gasteiger partial charge in [0.1, 0.15) is 17.1 Å². The van der Waals surface area contributed by atoms with Gasteiger partial charge in [-0.15, -0.1) is 0 Å². The molecule has 0 saturated carbocycles. The highest BCUT2D eigenvalue weighted by atomic mass is 16.3. The van der Waals surface area contributed by atoms with Crippen LogP contribution in [0.2, 0.25) is 0 Å². The molecule has 0 fully saturated rings. The molecule has 9 rings (SSSR count). The molecule has 0 unspecified atom stereocenters. The summed E-state index contributed by atoms with van der Waals surface area (Å²) in [4.78, 5) is 9.49. The summed E-state index contributed by atoms with van der Waals surface area (Å²) in [6.07, 6.45) is 1.72. The lowest BCUT2D eigenvalue weighted by molar-refractivity contribution is 0.480. The van der Waals surface area contributed by atoms with E-state index in [9.17, 15) is 5.11 Å². The summed E-state index contributed by atoms with van der Waals surface area (Å²) in [6.45, 7) is 0. The Balaban J connectivity index is 1.16. The quantitative estimate of drug-likeness (QED) is 0.208. The summed E-state index contributed by atoms with van der Waals surface area (Å²) in [5.74, 6) is 1.12. The molecular formula is C42H27N3O. The van der Waals surface area contributed by atoms with Crippen LogP contribution >= 0.6 is 0 Å². The van der Waals surface area contributed by atoms with Gasteiger partial charge < -0.3 is 5.11 Å². The lowest BCUT2D eigenvalue weighted by Gasteiger charge is -2.14. The van der Waals surface area contributed by atoms with Crippen LogP contribution in [0, 0.1) is 0 Å². The molecule has 0 aliphatic rings. The van der Waals surface area contributed by atoms with Gasteiger partial charge in [-0.2, -0.15) is 0 Å². The molecule has 0 bridgehead atoms. The van der Waals surface area contributed by atoms with Crippen molar-refractivity contribution < 1.29 is 5.11 Å². The second-order valence-corrected chi connectivity index (χ2v) is 11.6. The van der Waals surface area contributed by atoms with E-state index in [1.165, 1.54) is 16.3 Å². The van der Waals surface area contributed by atoms with Gasteiger partial charge in [-0.3, -0.25) is 9.55 Å². The fourth-order valence-electron chi connectivity index (χ4n) is 6.79. The Kier molecular flexibility index (Phi) is 5.93. The molecule has 0 spiro atoms. The maximum Gasteiger partial charge on any atom is 0.145 e. The van der Waals surface area contributed by atoms with E-state index in [0.717, 1.165) is 61.0 Å². The molecule has 0 aliphatic heterocycles. The standard InChI is InChI=1S/C42H27N3O/c46-40-23-22-34(35-15-8-24-43-41(35)40)33-14-7-10-30-25-36-29(26-37(30)33)9-6-13-32(36)27-18-20-28(21-19-27)42-44-38-16-4-5-17-39(38)45(42)31-11-2-1-3-12-31/h1-26,46H. The minimum Gasteiger partial charge on any atom is -0.506 e. The second-order valence-electron chi connectivity index (χ2n) is 11.6. The third-order valence-corrected chi connectivity index (χ3v) is 8.95. The van der Waals surface area contributed by atoms with Crippen LogP contribution in [0.1, 0.15) is 0 Å². The predicted molar refractivity (Wildman–Crippen MR) is 189 cm³/mol. The van der Waals surface area contributed by atoms with E-state index in [4.69, 9.17) is 4.98 Å². The highest BCUT2D eigenvalue weighted by molar-refractivity contribution is 6.11. The number of fused-ring (bicyclic) bond motifs is 4. The third-order valence-electron chi connectivity index (χ3n) is 8.95. The summed E-state index contributed by atoms with van der Waals surface area (Å²) < 4.78 is 2.24. The van der Waals surface area contributed by atoms with Crippen molar-refractivity contribution in [1.82, 2.24) is 14.5 Å². The van der Waals surface area contributed by atoms with Crippen molar-refractivity contribution in [3.05, 3.63) is 158 Å². The summed E-state index contributed by atoms with van der Waals surface area (Å²) in [7, 11) is 0. The van der Waals surface area contributed by atoms with Crippen LogP contribution in [-0.2, 0) is 0 Å². The van der Waals surface area contributed by atoms with Gasteiger partial charge in [0, 0.05) is 22.8 Å². The van der Waals surface area contributed by atoms with Crippen LogP contribution in [0.15, 0.2) is 158 Å². The largest absolute Gasteiger partial charge is 0.506 e. The van der Waals surface area contributed by atoms with Gasteiger partial charge in [0.05, 0.1) is 11.0 Å². The number of aromatic nitrogens is 3. The number of pyridine rings is 1. The normalized spacial score (nSPS) is 11.6. The number of hydrogen-bond acceptors (Lipinski definition) is 3. The average Bonchev–Trinajstić information content (AvgIpc) is 3.51. The van der Waals surface area contributed by atoms with Crippen LogP contribution in [0.5, 0.6) is 5.75 Å². The van der Waals surface area contributed by atoms with Gasteiger partial charge >= 0.3 is 0 Å². The maximum absolute atomic E-state index is 10.4. The number of phenolic OH excluding ortho intramolecular Hbond substituents is 1. The number of aromatic hydroxyl groups is 1. The molecule has 0 radical (unpaired) electrons. The fourth-order valence-corrected chi connectivity index (χ4v) is 6.79. The molecule has 4 heteroatoms.